The van der Waals surface area contributed by atoms with E-state index in [2.05, 4.69) is 10.6 Å². The zero-order valence-corrected chi connectivity index (χ0v) is 15.3. The number of rotatable bonds is 5. The van der Waals surface area contributed by atoms with Gasteiger partial charge in [-0.3, -0.25) is 9.59 Å². The van der Waals surface area contributed by atoms with Gasteiger partial charge >= 0.3 is 0 Å². The van der Waals surface area contributed by atoms with E-state index in [0.717, 1.165) is 37.2 Å². The van der Waals surface area contributed by atoms with E-state index in [1.54, 1.807) is 12.0 Å². The van der Waals surface area contributed by atoms with Gasteiger partial charge in [0, 0.05) is 32.1 Å². The van der Waals surface area contributed by atoms with Crippen molar-refractivity contribution in [3.63, 3.8) is 0 Å². The van der Waals surface area contributed by atoms with Crippen LogP contribution in [0.5, 0.6) is 5.75 Å². The fourth-order valence-corrected chi connectivity index (χ4v) is 3.35. The maximum Gasteiger partial charge on any atom is 0.225 e. The SMILES string of the molecule is COc1ccc(CN2CC(C(=O)N[C@H]3CCCNC3)CC2=O)cc1.Cl. The van der Waals surface area contributed by atoms with Gasteiger partial charge in [0.2, 0.25) is 11.8 Å². The monoisotopic (exact) mass is 367 g/mol. The molecular formula is C18H26ClN3O3. The third-order valence-corrected chi connectivity index (χ3v) is 4.76. The molecule has 6 nitrogen and oxygen atoms in total. The molecule has 25 heavy (non-hydrogen) atoms. The molecule has 1 aromatic carbocycles. The van der Waals surface area contributed by atoms with Crippen molar-refractivity contribution in [3.8, 4) is 5.75 Å². The molecule has 2 amide bonds. The highest BCUT2D eigenvalue weighted by atomic mass is 35.5. The molecule has 2 aliphatic heterocycles. The Kier molecular flexibility index (Phi) is 7.08. The van der Waals surface area contributed by atoms with Crippen LogP contribution in [0.3, 0.4) is 0 Å². The van der Waals surface area contributed by atoms with Crippen LogP contribution in [0.4, 0.5) is 0 Å². The first-order chi connectivity index (χ1) is 11.7. The van der Waals surface area contributed by atoms with E-state index in [1.807, 2.05) is 24.3 Å². The number of hydrogen-bond donors (Lipinski definition) is 2. The molecule has 2 N–H and O–H groups in total. The number of nitrogens with one attached hydrogen (secondary N) is 2. The molecule has 7 heteroatoms. The summed E-state index contributed by atoms with van der Waals surface area (Å²) in [6.07, 6.45) is 2.40. The Morgan fingerprint density at radius 1 is 1.36 bits per heavy atom. The number of carbonyl (C=O) groups excluding carboxylic acids is 2. The lowest BCUT2D eigenvalue weighted by Gasteiger charge is -2.25. The van der Waals surface area contributed by atoms with Gasteiger partial charge in [-0.2, -0.15) is 0 Å². The first-order valence-corrected chi connectivity index (χ1v) is 8.57. The first-order valence-electron chi connectivity index (χ1n) is 8.57. The molecule has 0 saturated carbocycles. The number of amides is 2. The van der Waals surface area contributed by atoms with Crippen LogP contribution < -0.4 is 15.4 Å². The van der Waals surface area contributed by atoms with Crippen molar-refractivity contribution < 1.29 is 14.3 Å². The Hall–Kier alpha value is -1.79. The Morgan fingerprint density at radius 3 is 2.76 bits per heavy atom. The van der Waals surface area contributed by atoms with Crippen LogP contribution in [-0.2, 0) is 16.1 Å². The highest BCUT2D eigenvalue weighted by molar-refractivity contribution is 5.89. The summed E-state index contributed by atoms with van der Waals surface area (Å²) in [5, 5.41) is 6.37. The molecule has 0 aromatic heterocycles. The van der Waals surface area contributed by atoms with E-state index in [4.69, 9.17) is 4.74 Å². The summed E-state index contributed by atoms with van der Waals surface area (Å²) in [6, 6.07) is 7.86. The summed E-state index contributed by atoms with van der Waals surface area (Å²) in [6.45, 7) is 2.88. The Labute approximate surface area is 154 Å². The first kappa shape index (κ1) is 19.5. The zero-order chi connectivity index (χ0) is 16.9. The fraction of sp³-hybridized carbons (Fsp3) is 0.556. The zero-order valence-electron chi connectivity index (χ0n) is 14.5. The highest BCUT2D eigenvalue weighted by Crippen LogP contribution is 2.22. The molecule has 2 atom stereocenters. The number of methoxy groups -OCH3 is 1. The average Bonchev–Trinajstić information content (AvgIpc) is 2.97. The Balaban J connectivity index is 0.00000225. The van der Waals surface area contributed by atoms with Crippen LogP contribution >= 0.6 is 12.4 Å². The molecule has 2 fully saturated rings. The van der Waals surface area contributed by atoms with Gasteiger partial charge < -0.3 is 20.3 Å². The van der Waals surface area contributed by atoms with Crippen molar-refractivity contribution >= 4 is 24.2 Å². The molecule has 1 unspecified atom stereocenters. The van der Waals surface area contributed by atoms with Crippen LogP contribution in [0, 0.1) is 5.92 Å². The predicted molar refractivity (Wildman–Crippen MR) is 97.8 cm³/mol. The van der Waals surface area contributed by atoms with E-state index in [0.29, 0.717) is 19.5 Å². The minimum absolute atomic E-state index is 0. The maximum atomic E-state index is 12.4. The quantitative estimate of drug-likeness (QED) is 0.823. The van der Waals surface area contributed by atoms with Gasteiger partial charge in [-0.05, 0) is 37.1 Å². The van der Waals surface area contributed by atoms with E-state index >= 15 is 0 Å². The van der Waals surface area contributed by atoms with Gasteiger partial charge in [0.15, 0.2) is 0 Å². The average molecular weight is 368 g/mol. The van der Waals surface area contributed by atoms with Gasteiger partial charge in [0.1, 0.15) is 5.75 Å². The summed E-state index contributed by atoms with van der Waals surface area (Å²) < 4.78 is 5.14. The molecule has 2 saturated heterocycles. The number of ether oxygens (including phenoxy) is 1. The molecule has 0 spiro atoms. The minimum Gasteiger partial charge on any atom is -0.497 e. The summed E-state index contributed by atoms with van der Waals surface area (Å²) in [5.41, 5.74) is 1.04. The lowest BCUT2D eigenvalue weighted by molar-refractivity contribution is -0.129. The van der Waals surface area contributed by atoms with Crippen molar-refractivity contribution in [2.24, 2.45) is 5.92 Å². The van der Waals surface area contributed by atoms with Crippen molar-refractivity contribution in [3.05, 3.63) is 29.8 Å². The Morgan fingerprint density at radius 2 is 2.12 bits per heavy atom. The largest absolute Gasteiger partial charge is 0.497 e. The van der Waals surface area contributed by atoms with Crippen molar-refractivity contribution in [2.45, 2.75) is 31.8 Å². The van der Waals surface area contributed by atoms with Crippen molar-refractivity contribution in [1.29, 1.82) is 0 Å². The molecule has 3 rings (SSSR count). The predicted octanol–water partition coefficient (Wildman–Crippen LogP) is 1.33. The second kappa shape index (κ2) is 9.06. The van der Waals surface area contributed by atoms with E-state index < -0.39 is 0 Å². The number of nitrogens with zero attached hydrogens (tertiary/aromatic N) is 1. The number of halogens is 1. The summed E-state index contributed by atoms with van der Waals surface area (Å²) in [4.78, 5) is 26.4. The Bertz CT molecular complexity index is 588. The van der Waals surface area contributed by atoms with Crippen LogP contribution in [0.2, 0.25) is 0 Å². The van der Waals surface area contributed by atoms with Gasteiger partial charge in [-0.1, -0.05) is 12.1 Å². The van der Waals surface area contributed by atoms with Crippen LogP contribution in [0.1, 0.15) is 24.8 Å². The third-order valence-electron chi connectivity index (χ3n) is 4.76. The van der Waals surface area contributed by atoms with Crippen LogP contribution in [0.25, 0.3) is 0 Å². The maximum absolute atomic E-state index is 12.4. The third kappa shape index (κ3) is 5.09. The van der Waals surface area contributed by atoms with E-state index in [-0.39, 0.29) is 36.2 Å². The van der Waals surface area contributed by atoms with Crippen molar-refractivity contribution in [2.75, 3.05) is 26.7 Å². The van der Waals surface area contributed by atoms with Gasteiger partial charge in [0.05, 0.1) is 13.0 Å². The number of likely N-dealkylation sites (tertiary alicyclic amines) is 1. The minimum atomic E-state index is -0.238. The lowest BCUT2D eigenvalue weighted by atomic mass is 10.0. The van der Waals surface area contributed by atoms with Crippen molar-refractivity contribution in [1.82, 2.24) is 15.5 Å². The number of benzene rings is 1. The topological polar surface area (TPSA) is 70.7 Å². The normalized spacial score (nSPS) is 23.1. The second-order valence-corrected chi connectivity index (χ2v) is 6.58. The molecule has 2 heterocycles. The molecule has 0 radical (unpaired) electrons. The van der Waals surface area contributed by atoms with Crippen LogP contribution in [-0.4, -0.2) is 49.5 Å². The molecule has 0 bridgehead atoms. The molecule has 2 aliphatic rings. The summed E-state index contributed by atoms with van der Waals surface area (Å²) in [7, 11) is 1.63. The molecular weight excluding hydrogens is 342 g/mol. The summed E-state index contributed by atoms with van der Waals surface area (Å²) >= 11 is 0. The molecule has 1 aromatic rings. The van der Waals surface area contributed by atoms with E-state index in [9.17, 15) is 9.59 Å². The van der Waals surface area contributed by atoms with Crippen LogP contribution in [0.15, 0.2) is 24.3 Å². The second-order valence-electron chi connectivity index (χ2n) is 6.58. The van der Waals surface area contributed by atoms with Gasteiger partial charge in [-0.25, -0.2) is 0 Å². The smallest absolute Gasteiger partial charge is 0.225 e. The van der Waals surface area contributed by atoms with Gasteiger partial charge in [-0.15, -0.1) is 12.4 Å². The van der Waals surface area contributed by atoms with Gasteiger partial charge in [0.25, 0.3) is 0 Å². The lowest BCUT2D eigenvalue weighted by Crippen LogP contribution is -2.47. The standard InChI is InChI=1S/C18H25N3O3.ClH/c1-24-16-6-4-13(5-7-16)11-21-12-14(9-17(21)22)18(23)20-15-3-2-8-19-10-15;/h4-7,14-15,19H,2-3,8-12H2,1H3,(H,20,23);1H/t14?,15-;/m0./s1. The number of carbonyl (C=O) groups is 2. The summed E-state index contributed by atoms with van der Waals surface area (Å²) in [5.74, 6) is 0.615. The number of hydrogen-bond acceptors (Lipinski definition) is 4. The number of piperidine rings is 1. The highest BCUT2D eigenvalue weighted by Gasteiger charge is 2.35. The fourth-order valence-electron chi connectivity index (χ4n) is 3.35. The van der Waals surface area contributed by atoms with E-state index in [1.165, 1.54) is 0 Å². The molecule has 138 valence electrons. The molecule has 0 aliphatic carbocycles.